The molecule has 0 aromatic heterocycles. The van der Waals surface area contributed by atoms with Crippen molar-refractivity contribution in [1.82, 2.24) is 0 Å². The molecular weight excluding hydrogens is 314 g/mol. The Morgan fingerprint density at radius 3 is 2.60 bits per heavy atom. The van der Waals surface area contributed by atoms with E-state index in [0.717, 1.165) is 11.3 Å². The van der Waals surface area contributed by atoms with E-state index in [1.807, 2.05) is 31.2 Å². The van der Waals surface area contributed by atoms with Crippen molar-refractivity contribution in [3.05, 3.63) is 59.7 Å². The quantitative estimate of drug-likeness (QED) is 0.870. The number of benzene rings is 2. The second-order valence-corrected chi connectivity index (χ2v) is 5.69. The number of hydrogen-bond acceptors (Lipinski definition) is 3. The van der Waals surface area contributed by atoms with Gasteiger partial charge in [0.15, 0.2) is 0 Å². The van der Waals surface area contributed by atoms with Crippen LogP contribution in [0.4, 0.5) is 11.4 Å². The van der Waals surface area contributed by atoms with E-state index in [-0.39, 0.29) is 18.2 Å². The summed E-state index contributed by atoms with van der Waals surface area (Å²) < 4.78 is 0. The summed E-state index contributed by atoms with van der Waals surface area (Å²) in [6.45, 7) is 4.04. The molecule has 0 spiro atoms. The standard InChI is InChI=1S/C20H21N3O2/c1-3-19(24)22-17-9-5-8-16(14-17)20(25)23(12-6-11-21)18-10-4-7-15(2)13-18/h4-5,7-10,13-14H,3,6,12H2,1-2H3,(H,22,24). The smallest absolute Gasteiger partial charge is 0.258 e. The summed E-state index contributed by atoms with van der Waals surface area (Å²) in [5.41, 5.74) is 2.84. The molecular formula is C20H21N3O2. The molecule has 0 saturated heterocycles. The molecule has 1 N–H and O–H groups in total. The Hall–Kier alpha value is -3.13. The van der Waals surface area contributed by atoms with Crippen LogP contribution >= 0.6 is 0 Å². The molecule has 0 aliphatic carbocycles. The van der Waals surface area contributed by atoms with E-state index in [2.05, 4.69) is 11.4 Å². The number of nitrogens with one attached hydrogen (secondary N) is 1. The molecule has 2 amide bonds. The predicted octanol–water partition coefficient (Wildman–Crippen LogP) is 3.90. The Morgan fingerprint density at radius 1 is 1.16 bits per heavy atom. The van der Waals surface area contributed by atoms with Crippen LogP contribution in [0.1, 0.15) is 35.7 Å². The first-order valence-corrected chi connectivity index (χ1v) is 8.20. The highest BCUT2D eigenvalue weighted by atomic mass is 16.2. The van der Waals surface area contributed by atoms with E-state index >= 15 is 0 Å². The van der Waals surface area contributed by atoms with E-state index in [1.165, 1.54) is 0 Å². The lowest BCUT2D eigenvalue weighted by molar-refractivity contribution is -0.115. The second kappa shape index (κ2) is 8.65. The zero-order valence-electron chi connectivity index (χ0n) is 14.5. The molecule has 0 unspecified atom stereocenters. The number of aryl methyl sites for hydroxylation is 1. The van der Waals surface area contributed by atoms with Crippen LogP contribution in [0.5, 0.6) is 0 Å². The Kier molecular flexibility index (Phi) is 6.30. The van der Waals surface area contributed by atoms with Gasteiger partial charge < -0.3 is 10.2 Å². The SMILES string of the molecule is CCC(=O)Nc1cccc(C(=O)N(CCC#N)c2cccc(C)c2)c1. The molecule has 0 atom stereocenters. The molecule has 0 bridgehead atoms. The van der Waals surface area contributed by atoms with Gasteiger partial charge in [-0.15, -0.1) is 0 Å². The van der Waals surface area contributed by atoms with E-state index in [4.69, 9.17) is 5.26 Å². The summed E-state index contributed by atoms with van der Waals surface area (Å²) in [7, 11) is 0. The Bertz CT molecular complexity index is 809. The number of hydrogen-bond donors (Lipinski definition) is 1. The van der Waals surface area contributed by atoms with Crippen LogP contribution in [0.15, 0.2) is 48.5 Å². The number of carbonyl (C=O) groups excluding carboxylic acids is 2. The van der Waals surface area contributed by atoms with Gasteiger partial charge in [0.1, 0.15) is 0 Å². The van der Waals surface area contributed by atoms with E-state index in [9.17, 15) is 9.59 Å². The average molecular weight is 335 g/mol. The van der Waals surface area contributed by atoms with Crippen molar-refractivity contribution in [2.45, 2.75) is 26.7 Å². The summed E-state index contributed by atoms with van der Waals surface area (Å²) in [5, 5.41) is 11.7. The average Bonchev–Trinajstić information content (AvgIpc) is 2.62. The highest BCUT2D eigenvalue weighted by Crippen LogP contribution is 2.21. The highest BCUT2D eigenvalue weighted by Gasteiger charge is 2.18. The van der Waals surface area contributed by atoms with Gasteiger partial charge in [-0.05, 0) is 42.8 Å². The molecule has 0 fully saturated rings. The van der Waals surface area contributed by atoms with Gasteiger partial charge in [-0.3, -0.25) is 9.59 Å². The lowest BCUT2D eigenvalue weighted by atomic mass is 10.1. The number of rotatable bonds is 6. The third-order valence-corrected chi connectivity index (χ3v) is 3.72. The van der Waals surface area contributed by atoms with Crippen molar-refractivity contribution in [3.63, 3.8) is 0 Å². The normalized spacial score (nSPS) is 9.96. The van der Waals surface area contributed by atoms with Crippen LogP contribution in [0.3, 0.4) is 0 Å². The topological polar surface area (TPSA) is 73.2 Å². The molecule has 0 heterocycles. The minimum Gasteiger partial charge on any atom is -0.326 e. The largest absolute Gasteiger partial charge is 0.326 e. The van der Waals surface area contributed by atoms with E-state index in [1.54, 1.807) is 36.1 Å². The Labute approximate surface area is 147 Å². The van der Waals surface area contributed by atoms with Crippen molar-refractivity contribution >= 4 is 23.2 Å². The molecule has 5 nitrogen and oxygen atoms in total. The molecule has 2 aromatic carbocycles. The Balaban J connectivity index is 2.31. The van der Waals surface area contributed by atoms with Crippen LogP contribution in [-0.4, -0.2) is 18.4 Å². The number of amides is 2. The number of nitriles is 1. The first-order valence-electron chi connectivity index (χ1n) is 8.20. The van der Waals surface area contributed by atoms with Crippen molar-refractivity contribution in [1.29, 1.82) is 5.26 Å². The molecule has 0 aliphatic heterocycles. The molecule has 2 aromatic rings. The lowest BCUT2D eigenvalue weighted by Crippen LogP contribution is -2.32. The fraction of sp³-hybridized carbons (Fsp3) is 0.250. The maximum atomic E-state index is 13.0. The van der Waals surface area contributed by atoms with Gasteiger partial charge in [-0.25, -0.2) is 0 Å². The summed E-state index contributed by atoms with van der Waals surface area (Å²) in [4.78, 5) is 26.1. The van der Waals surface area contributed by atoms with E-state index < -0.39 is 0 Å². The van der Waals surface area contributed by atoms with Gasteiger partial charge in [0.2, 0.25) is 5.91 Å². The Morgan fingerprint density at radius 2 is 1.92 bits per heavy atom. The van der Waals surface area contributed by atoms with Gasteiger partial charge in [-0.1, -0.05) is 25.1 Å². The van der Waals surface area contributed by atoms with Crippen molar-refractivity contribution in [2.24, 2.45) is 0 Å². The summed E-state index contributed by atoms with van der Waals surface area (Å²) in [5.74, 6) is -0.307. The van der Waals surface area contributed by atoms with Gasteiger partial charge in [0, 0.05) is 29.9 Å². The summed E-state index contributed by atoms with van der Waals surface area (Å²) in [6.07, 6.45) is 0.613. The minimum atomic E-state index is -0.201. The zero-order chi connectivity index (χ0) is 18.2. The lowest BCUT2D eigenvalue weighted by Gasteiger charge is -2.22. The van der Waals surface area contributed by atoms with Crippen molar-refractivity contribution in [2.75, 3.05) is 16.8 Å². The fourth-order valence-electron chi connectivity index (χ4n) is 2.44. The molecule has 2 rings (SSSR count). The third kappa shape index (κ3) is 4.92. The van der Waals surface area contributed by atoms with Crippen molar-refractivity contribution < 1.29 is 9.59 Å². The molecule has 0 radical (unpaired) electrons. The highest BCUT2D eigenvalue weighted by molar-refractivity contribution is 6.07. The van der Waals surface area contributed by atoms with Crippen LogP contribution in [-0.2, 0) is 4.79 Å². The summed E-state index contributed by atoms with van der Waals surface area (Å²) >= 11 is 0. The maximum absolute atomic E-state index is 13.0. The van der Waals surface area contributed by atoms with Crippen LogP contribution in [0, 0.1) is 18.3 Å². The third-order valence-electron chi connectivity index (χ3n) is 3.72. The van der Waals surface area contributed by atoms with Gasteiger partial charge >= 0.3 is 0 Å². The first-order chi connectivity index (χ1) is 12.0. The molecule has 0 aliphatic rings. The van der Waals surface area contributed by atoms with Crippen LogP contribution in [0.25, 0.3) is 0 Å². The number of nitrogens with zero attached hydrogens (tertiary/aromatic N) is 2. The molecule has 5 heteroatoms. The number of carbonyl (C=O) groups is 2. The maximum Gasteiger partial charge on any atom is 0.258 e. The van der Waals surface area contributed by atoms with Gasteiger partial charge in [-0.2, -0.15) is 5.26 Å². The zero-order valence-corrected chi connectivity index (χ0v) is 14.5. The van der Waals surface area contributed by atoms with Crippen LogP contribution in [0.2, 0.25) is 0 Å². The fourth-order valence-corrected chi connectivity index (χ4v) is 2.44. The van der Waals surface area contributed by atoms with Gasteiger partial charge in [0.25, 0.3) is 5.91 Å². The minimum absolute atomic E-state index is 0.107. The van der Waals surface area contributed by atoms with Gasteiger partial charge in [0.05, 0.1) is 12.5 Å². The monoisotopic (exact) mass is 335 g/mol. The summed E-state index contributed by atoms with van der Waals surface area (Å²) in [6, 6.07) is 16.5. The van der Waals surface area contributed by atoms with Crippen molar-refractivity contribution in [3.8, 4) is 6.07 Å². The van der Waals surface area contributed by atoms with E-state index in [0.29, 0.717) is 24.2 Å². The molecule has 0 saturated carbocycles. The predicted molar refractivity (Wildman–Crippen MR) is 98.4 cm³/mol. The molecule has 128 valence electrons. The van der Waals surface area contributed by atoms with Crippen LogP contribution < -0.4 is 10.2 Å². The second-order valence-electron chi connectivity index (χ2n) is 5.69. The molecule has 25 heavy (non-hydrogen) atoms. The first kappa shape index (κ1) is 18.2. The number of anilines is 2.